The van der Waals surface area contributed by atoms with Crippen LogP contribution in [0.4, 0.5) is 4.39 Å². The Morgan fingerprint density at radius 2 is 1.81 bits per heavy atom. The highest BCUT2D eigenvalue weighted by Crippen LogP contribution is 2.36. The van der Waals surface area contributed by atoms with Gasteiger partial charge in [-0.05, 0) is 71.0 Å². The summed E-state index contributed by atoms with van der Waals surface area (Å²) in [6.07, 6.45) is 1.73. The van der Waals surface area contributed by atoms with Gasteiger partial charge in [-0.2, -0.15) is 0 Å². The first-order chi connectivity index (χ1) is 15.5. The predicted octanol–water partition coefficient (Wildman–Crippen LogP) is 5.75. The molecule has 1 aliphatic heterocycles. The highest BCUT2D eigenvalue weighted by molar-refractivity contribution is 14.1. The zero-order valence-corrected chi connectivity index (χ0v) is 19.3. The summed E-state index contributed by atoms with van der Waals surface area (Å²) < 4.78 is 25.8. The summed E-state index contributed by atoms with van der Waals surface area (Å²) in [5.74, 6) is 0.343. The average Bonchev–Trinajstić information content (AvgIpc) is 3.15. The summed E-state index contributed by atoms with van der Waals surface area (Å²) in [6.45, 7) is 2.60. The Bertz CT molecular complexity index is 1190. The minimum atomic E-state index is -0.506. The normalized spacial score (nSPS) is 14.3. The number of rotatable bonds is 7. The van der Waals surface area contributed by atoms with Crippen molar-refractivity contribution >= 4 is 40.3 Å². The molecule has 162 valence electrons. The topological polar surface area (TPSA) is 57.1 Å². The van der Waals surface area contributed by atoms with E-state index < -0.39 is 5.97 Å². The number of nitrogens with zero attached hydrogens (tertiary/aromatic N) is 1. The Kier molecular flexibility index (Phi) is 6.84. The lowest BCUT2D eigenvalue weighted by molar-refractivity contribution is -0.136. The number of halogens is 2. The van der Waals surface area contributed by atoms with E-state index in [1.165, 1.54) is 12.1 Å². The largest absolute Gasteiger partial charge is 0.490 e. The van der Waals surface area contributed by atoms with Crippen molar-refractivity contribution in [3.05, 3.63) is 98.4 Å². The van der Waals surface area contributed by atoms with Crippen molar-refractivity contribution in [3.63, 3.8) is 0 Å². The molecule has 0 N–H and O–H groups in total. The van der Waals surface area contributed by atoms with Crippen LogP contribution < -0.4 is 9.47 Å². The number of hydrogen-bond acceptors (Lipinski definition) is 5. The van der Waals surface area contributed by atoms with Crippen molar-refractivity contribution in [2.24, 2.45) is 5.16 Å². The molecule has 1 aliphatic rings. The van der Waals surface area contributed by atoms with E-state index in [0.717, 1.165) is 20.3 Å². The molecule has 4 rings (SSSR count). The van der Waals surface area contributed by atoms with E-state index in [4.69, 9.17) is 14.3 Å². The van der Waals surface area contributed by atoms with Crippen molar-refractivity contribution in [1.82, 2.24) is 0 Å². The van der Waals surface area contributed by atoms with E-state index in [0.29, 0.717) is 29.4 Å². The maximum absolute atomic E-state index is 13.1. The van der Waals surface area contributed by atoms with Crippen molar-refractivity contribution < 1.29 is 23.5 Å². The summed E-state index contributed by atoms with van der Waals surface area (Å²) in [5, 5.41) is 3.95. The number of carbonyl (C=O) groups excluding carboxylic acids is 1. The zero-order valence-electron chi connectivity index (χ0n) is 17.2. The van der Waals surface area contributed by atoms with Gasteiger partial charge in [0.15, 0.2) is 11.5 Å². The molecule has 3 aromatic rings. The van der Waals surface area contributed by atoms with Gasteiger partial charge in [-0.3, -0.25) is 0 Å². The van der Waals surface area contributed by atoms with Crippen molar-refractivity contribution in [2.45, 2.75) is 13.5 Å². The molecule has 0 atom stereocenters. The van der Waals surface area contributed by atoms with Crippen LogP contribution in [0.5, 0.6) is 11.5 Å². The van der Waals surface area contributed by atoms with Crippen molar-refractivity contribution in [3.8, 4) is 11.5 Å². The zero-order chi connectivity index (χ0) is 22.5. The molecule has 7 heteroatoms. The number of benzene rings is 3. The SMILES string of the molecule is CCOc1cc(/C=C2\C(=O)ON=C2c2ccccc2)cc(I)c1OCc1ccc(F)cc1. The van der Waals surface area contributed by atoms with Gasteiger partial charge in [0.2, 0.25) is 0 Å². The summed E-state index contributed by atoms with van der Waals surface area (Å²) in [4.78, 5) is 17.2. The Hall–Kier alpha value is -3.20. The molecule has 1 heterocycles. The Morgan fingerprint density at radius 1 is 1.06 bits per heavy atom. The highest BCUT2D eigenvalue weighted by Gasteiger charge is 2.27. The second kappa shape index (κ2) is 9.95. The van der Waals surface area contributed by atoms with Crippen LogP contribution >= 0.6 is 22.6 Å². The van der Waals surface area contributed by atoms with Gasteiger partial charge < -0.3 is 14.3 Å². The number of ether oxygens (including phenoxy) is 2. The van der Waals surface area contributed by atoms with Crippen molar-refractivity contribution in [1.29, 1.82) is 0 Å². The molecule has 0 unspecified atom stereocenters. The maximum Gasteiger partial charge on any atom is 0.368 e. The van der Waals surface area contributed by atoms with Gasteiger partial charge in [-0.1, -0.05) is 47.6 Å². The molecule has 0 radical (unpaired) electrons. The summed E-state index contributed by atoms with van der Waals surface area (Å²) in [5.41, 5.74) is 3.25. The Morgan fingerprint density at radius 3 is 2.53 bits per heavy atom. The third-order valence-corrected chi connectivity index (χ3v) is 5.48. The molecule has 0 aliphatic carbocycles. The lowest BCUT2D eigenvalue weighted by Gasteiger charge is -2.15. The molecule has 0 fully saturated rings. The van der Waals surface area contributed by atoms with Gasteiger partial charge in [-0.15, -0.1) is 0 Å². The van der Waals surface area contributed by atoms with Crippen LogP contribution in [0.15, 0.2) is 77.5 Å². The van der Waals surface area contributed by atoms with Crippen LogP contribution in [-0.2, 0) is 16.2 Å². The maximum atomic E-state index is 13.1. The monoisotopic (exact) mass is 543 g/mol. The third-order valence-electron chi connectivity index (χ3n) is 4.68. The first-order valence-corrected chi connectivity index (χ1v) is 11.0. The van der Waals surface area contributed by atoms with E-state index in [1.807, 2.05) is 49.4 Å². The third kappa shape index (κ3) is 4.99. The van der Waals surface area contributed by atoms with Crippen LogP contribution in [0.25, 0.3) is 6.08 Å². The van der Waals surface area contributed by atoms with Gasteiger partial charge >= 0.3 is 5.97 Å². The van der Waals surface area contributed by atoms with E-state index in [-0.39, 0.29) is 12.4 Å². The fraction of sp³-hybridized carbons (Fsp3) is 0.120. The van der Waals surface area contributed by atoms with E-state index in [9.17, 15) is 9.18 Å². The molecule has 0 spiro atoms. The molecule has 0 aromatic heterocycles. The molecule has 0 amide bonds. The summed E-state index contributed by atoms with van der Waals surface area (Å²) in [7, 11) is 0. The van der Waals surface area contributed by atoms with Crippen LogP contribution in [0.1, 0.15) is 23.6 Å². The molecule has 3 aromatic carbocycles. The quantitative estimate of drug-likeness (QED) is 0.216. The van der Waals surface area contributed by atoms with Gasteiger partial charge in [0.25, 0.3) is 0 Å². The predicted molar refractivity (Wildman–Crippen MR) is 128 cm³/mol. The molecule has 32 heavy (non-hydrogen) atoms. The van der Waals surface area contributed by atoms with Gasteiger partial charge in [0, 0.05) is 5.56 Å². The number of hydrogen-bond donors (Lipinski definition) is 0. The smallest absolute Gasteiger partial charge is 0.368 e. The average molecular weight is 543 g/mol. The van der Waals surface area contributed by atoms with Crippen LogP contribution in [0.3, 0.4) is 0 Å². The van der Waals surface area contributed by atoms with Crippen LogP contribution in [0, 0.1) is 9.39 Å². The van der Waals surface area contributed by atoms with E-state index >= 15 is 0 Å². The molecule has 0 saturated heterocycles. The number of oxime groups is 1. The van der Waals surface area contributed by atoms with Gasteiger partial charge in [-0.25, -0.2) is 9.18 Å². The first kappa shape index (κ1) is 22.0. The summed E-state index contributed by atoms with van der Waals surface area (Å²) in [6, 6.07) is 19.2. The second-order valence-corrected chi connectivity index (χ2v) is 8.08. The van der Waals surface area contributed by atoms with Crippen LogP contribution in [0.2, 0.25) is 0 Å². The molecule has 0 bridgehead atoms. The lowest BCUT2D eigenvalue weighted by atomic mass is 10.0. The minimum Gasteiger partial charge on any atom is -0.490 e. The first-order valence-electron chi connectivity index (χ1n) is 9.95. The van der Waals surface area contributed by atoms with Gasteiger partial charge in [0.05, 0.1) is 15.8 Å². The molecule has 0 saturated carbocycles. The van der Waals surface area contributed by atoms with Gasteiger partial charge in [0.1, 0.15) is 18.1 Å². The molecule has 5 nitrogen and oxygen atoms in total. The fourth-order valence-electron chi connectivity index (χ4n) is 3.19. The van der Waals surface area contributed by atoms with E-state index in [2.05, 4.69) is 27.7 Å². The number of carbonyl (C=O) groups is 1. The molecular formula is C25H19FINO4. The standard InChI is InChI=1S/C25H19FINO4/c1-2-30-22-14-17(12-20-23(28-32-25(20)29)18-6-4-3-5-7-18)13-21(27)24(22)31-15-16-8-10-19(26)11-9-16/h3-14H,2,15H2,1H3/b20-12-. The summed E-state index contributed by atoms with van der Waals surface area (Å²) >= 11 is 2.17. The van der Waals surface area contributed by atoms with Crippen LogP contribution in [-0.4, -0.2) is 18.3 Å². The molecular weight excluding hydrogens is 524 g/mol. The Balaban J connectivity index is 1.64. The van der Waals surface area contributed by atoms with E-state index in [1.54, 1.807) is 18.2 Å². The van der Waals surface area contributed by atoms with Crippen molar-refractivity contribution in [2.75, 3.05) is 6.61 Å². The highest BCUT2D eigenvalue weighted by atomic mass is 127. The fourth-order valence-corrected chi connectivity index (χ4v) is 3.97. The second-order valence-electron chi connectivity index (χ2n) is 6.92. The lowest BCUT2D eigenvalue weighted by Crippen LogP contribution is -2.07. The minimum absolute atomic E-state index is 0.272. The Labute approximate surface area is 198 Å².